The Labute approximate surface area is 167 Å². The van der Waals surface area contributed by atoms with E-state index in [9.17, 15) is 13.2 Å². The highest BCUT2D eigenvalue weighted by Gasteiger charge is 2.31. The summed E-state index contributed by atoms with van der Waals surface area (Å²) in [4.78, 5) is 12.4. The van der Waals surface area contributed by atoms with Crippen LogP contribution in [0.3, 0.4) is 0 Å². The third-order valence-electron chi connectivity index (χ3n) is 5.12. The summed E-state index contributed by atoms with van der Waals surface area (Å²) >= 11 is 0. The summed E-state index contributed by atoms with van der Waals surface area (Å²) in [6.07, 6.45) is 3.62. The highest BCUT2D eigenvalue weighted by molar-refractivity contribution is 7.89. The molecule has 152 valence electrons. The van der Waals surface area contributed by atoms with Crippen LogP contribution in [0.5, 0.6) is 5.75 Å². The van der Waals surface area contributed by atoms with E-state index in [1.165, 1.54) is 4.31 Å². The maximum absolute atomic E-state index is 12.9. The number of nitrogens with zero attached hydrogens (tertiary/aromatic N) is 1. The van der Waals surface area contributed by atoms with Gasteiger partial charge in [-0.05, 0) is 62.4 Å². The second kappa shape index (κ2) is 9.73. The normalized spacial score (nSPS) is 23.4. The second-order valence-corrected chi connectivity index (χ2v) is 8.88. The number of piperidine rings is 1. The summed E-state index contributed by atoms with van der Waals surface area (Å²) in [7, 11) is -1.97. The number of rotatable bonds is 6. The molecule has 27 heavy (non-hydrogen) atoms. The zero-order valence-corrected chi connectivity index (χ0v) is 17.2. The van der Waals surface area contributed by atoms with Gasteiger partial charge < -0.3 is 15.4 Å². The zero-order chi connectivity index (χ0) is 18.6. The SMILES string of the molecule is COc1ccc(S(=O)(=O)N2CCCC(CNC(=O)C3CCCN3)C2)cc1.Cl. The van der Waals surface area contributed by atoms with Gasteiger partial charge in [-0.2, -0.15) is 4.31 Å². The number of amides is 1. The van der Waals surface area contributed by atoms with Crippen molar-refractivity contribution in [1.82, 2.24) is 14.9 Å². The van der Waals surface area contributed by atoms with E-state index in [4.69, 9.17) is 4.74 Å². The molecule has 0 spiro atoms. The molecule has 2 saturated heterocycles. The van der Waals surface area contributed by atoms with Crippen molar-refractivity contribution >= 4 is 28.3 Å². The van der Waals surface area contributed by atoms with Crippen molar-refractivity contribution < 1.29 is 17.9 Å². The van der Waals surface area contributed by atoms with Gasteiger partial charge in [0.05, 0.1) is 18.0 Å². The summed E-state index contributed by atoms with van der Waals surface area (Å²) in [5.74, 6) is 0.795. The van der Waals surface area contributed by atoms with Crippen LogP contribution in [0, 0.1) is 5.92 Å². The highest BCUT2D eigenvalue weighted by atomic mass is 35.5. The number of hydrogen-bond acceptors (Lipinski definition) is 5. The molecule has 1 aromatic rings. The Bertz CT molecular complexity index is 721. The van der Waals surface area contributed by atoms with E-state index in [0.29, 0.717) is 25.4 Å². The van der Waals surface area contributed by atoms with Crippen molar-refractivity contribution in [2.45, 2.75) is 36.6 Å². The average Bonchev–Trinajstić information content (AvgIpc) is 3.21. The Balaban J connectivity index is 0.00000261. The predicted molar refractivity (Wildman–Crippen MR) is 106 cm³/mol. The van der Waals surface area contributed by atoms with Crippen molar-refractivity contribution in [3.8, 4) is 5.75 Å². The van der Waals surface area contributed by atoms with Crippen LogP contribution in [-0.4, -0.2) is 58.0 Å². The lowest BCUT2D eigenvalue weighted by atomic mass is 9.99. The number of methoxy groups -OCH3 is 1. The summed E-state index contributed by atoms with van der Waals surface area (Å²) in [6, 6.07) is 6.36. The van der Waals surface area contributed by atoms with E-state index in [1.807, 2.05) is 0 Å². The molecular weight excluding hydrogens is 390 g/mol. The van der Waals surface area contributed by atoms with Gasteiger partial charge in [0, 0.05) is 19.6 Å². The van der Waals surface area contributed by atoms with Crippen LogP contribution in [0.1, 0.15) is 25.7 Å². The van der Waals surface area contributed by atoms with Crippen LogP contribution < -0.4 is 15.4 Å². The fourth-order valence-electron chi connectivity index (χ4n) is 3.59. The third kappa shape index (κ3) is 5.34. The van der Waals surface area contributed by atoms with Crippen molar-refractivity contribution in [1.29, 1.82) is 0 Å². The average molecular weight is 418 g/mol. The van der Waals surface area contributed by atoms with Gasteiger partial charge in [-0.25, -0.2) is 8.42 Å². The maximum atomic E-state index is 12.9. The predicted octanol–water partition coefficient (Wildman–Crippen LogP) is 1.39. The van der Waals surface area contributed by atoms with Crippen LogP contribution >= 0.6 is 12.4 Å². The summed E-state index contributed by atoms with van der Waals surface area (Å²) in [5.41, 5.74) is 0. The molecule has 1 aromatic carbocycles. The molecule has 2 heterocycles. The van der Waals surface area contributed by atoms with E-state index in [1.54, 1.807) is 31.4 Å². The van der Waals surface area contributed by atoms with Gasteiger partial charge in [-0.15, -0.1) is 12.4 Å². The summed E-state index contributed by atoms with van der Waals surface area (Å²) in [5, 5.41) is 6.16. The maximum Gasteiger partial charge on any atom is 0.243 e. The number of halogens is 1. The van der Waals surface area contributed by atoms with Gasteiger partial charge in [0.2, 0.25) is 15.9 Å². The molecule has 3 rings (SSSR count). The zero-order valence-electron chi connectivity index (χ0n) is 15.5. The lowest BCUT2D eigenvalue weighted by Gasteiger charge is -2.32. The van der Waals surface area contributed by atoms with Crippen molar-refractivity contribution in [2.75, 3.05) is 33.3 Å². The molecule has 2 fully saturated rings. The number of benzene rings is 1. The molecule has 2 unspecified atom stereocenters. The van der Waals surface area contributed by atoms with Crippen molar-refractivity contribution in [3.05, 3.63) is 24.3 Å². The first-order chi connectivity index (χ1) is 12.5. The smallest absolute Gasteiger partial charge is 0.243 e. The lowest BCUT2D eigenvalue weighted by Crippen LogP contribution is -2.46. The molecule has 7 nitrogen and oxygen atoms in total. The lowest BCUT2D eigenvalue weighted by molar-refractivity contribution is -0.123. The Morgan fingerprint density at radius 2 is 2.00 bits per heavy atom. The largest absolute Gasteiger partial charge is 0.497 e. The Hall–Kier alpha value is -1.35. The molecule has 2 aliphatic heterocycles. The fourth-order valence-corrected chi connectivity index (χ4v) is 5.14. The molecule has 0 bridgehead atoms. The second-order valence-electron chi connectivity index (χ2n) is 6.94. The topological polar surface area (TPSA) is 87.7 Å². The Morgan fingerprint density at radius 3 is 2.63 bits per heavy atom. The van der Waals surface area contributed by atoms with E-state index in [-0.39, 0.29) is 35.2 Å². The van der Waals surface area contributed by atoms with Crippen LogP contribution in [0.25, 0.3) is 0 Å². The van der Waals surface area contributed by atoms with Crippen molar-refractivity contribution in [2.24, 2.45) is 5.92 Å². The first-order valence-corrected chi connectivity index (χ1v) is 10.6. The molecule has 2 N–H and O–H groups in total. The van der Waals surface area contributed by atoms with Crippen LogP contribution in [0.4, 0.5) is 0 Å². The Kier molecular flexibility index (Phi) is 7.91. The summed E-state index contributed by atoms with van der Waals surface area (Å²) < 4.78 is 32.4. The van der Waals surface area contributed by atoms with E-state index in [2.05, 4.69) is 10.6 Å². The molecule has 0 radical (unpaired) electrons. The number of ether oxygens (including phenoxy) is 1. The summed E-state index contributed by atoms with van der Waals surface area (Å²) in [6.45, 7) is 2.36. The monoisotopic (exact) mass is 417 g/mol. The van der Waals surface area contributed by atoms with Crippen LogP contribution in [0.15, 0.2) is 29.2 Å². The molecule has 2 atom stereocenters. The van der Waals surface area contributed by atoms with Crippen molar-refractivity contribution in [3.63, 3.8) is 0 Å². The van der Waals surface area contributed by atoms with Crippen LogP contribution in [-0.2, 0) is 14.8 Å². The van der Waals surface area contributed by atoms with Gasteiger partial charge in [-0.3, -0.25) is 4.79 Å². The molecule has 0 aromatic heterocycles. The minimum atomic E-state index is -3.52. The fraction of sp³-hybridized carbons (Fsp3) is 0.611. The molecule has 0 aliphatic carbocycles. The number of hydrogen-bond donors (Lipinski definition) is 2. The van der Waals surface area contributed by atoms with Gasteiger partial charge in [-0.1, -0.05) is 0 Å². The number of carbonyl (C=O) groups is 1. The van der Waals surface area contributed by atoms with Gasteiger partial charge in [0.25, 0.3) is 0 Å². The molecule has 9 heteroatoms. The molecule has 1 amide bonds. The minimum Gasteiger partial charge on any atom is -0.497 e. The van der Waals surface area contributed by atoms with Crippen LogP contribution in [0.2, 0.25) is 0 Å². The standard InChI is InChI=1S/C18H27N3O4S.ClH/c1-25-15-6-8-16(9-7-15)26(23,24)21-11-3-4-14(13-21)12-20-18(22)17-5-2-10-19-17;/h6-9,14,17,19H,2-5,10-13H2,1H3,(H,20,22);1H. The quantitative estimate of drug-likeness (QED) is 0.730. The first kappa shape index (κ1) is 21.9. The van der Waals surface area contributed by atoms with Gasteiger partial charge >= 0.3 is 0 Å². The third-order valence-corrected chi connectivity index (χ3v) is 7.00. The number of nitrogens with one attached hydrogen (secondary N) is 2. The first-order valence-electron chi connectivity index (χ1n) is 9.16. The molecular formula is C18H28ClN3O4S. The minimum absolute atomic E-state index is 0. The van der Waals surface area contributed by atoms with Gasteiger partial charge in [0.1, 0.15) is 5.75 Å². The van der Waals surface area contributed by atoms with E-state index < -0.39 is 10.0 Å². The van der Waals surface area contributed by atoms with Gasteiger partial charge in [0.15, 0.2) is 0 Å². The number of sulfonamides is 1. The number of carbonyl (C=O) groups excluding carboxylic acids is 1. The molecule has 0 saturated carbocycles. The molecule has 2 aliphatic rings. The van der Waals surface area contributed by atoms with E-state index in [0.717, 1.165) is 32.2 Å². The van der Waals surface area contributed by atoms with E-state index >= 15 is 0 Å². The highest BCUT2D eigenvalue weighted by Crippen LogP contribution is 2.25. The Morgan fingerprint density at radius 1 is 1.26 bits per heavy atom.